The van der Waals surface area contributed by atoms with Crippen LogP contribution in [-0.2, 0) is 10.3 Å². The molecule has 0 aliphatic carbocycles. The fourth-order valence-electron chi connectivity index (χ4n) is 3.31. The number of hydrogen-bond acceptors (Lipinski definition) is 5. The maximum Gasteiger partial charge on any atom is 0.346 e. The fourth-order valence-corrected chi connectivity index (χ4v) is 3.31. The molecular formula is C22H23N5O2. The lowest BCUT2D eigenvalue weighted by Gasteiger charge is -2.24. The van der Waals surface area contributed by atoms with Crippen molar-refractivity contribution in [1.82, 2.24) is 10.3 Å². The van der Waals surface area contributed by atoms with Crippen molar-refractivity contribution in [2.45, 2.75) is 25.3 Å². The third-order valence-electron chi connectivity index (χ3n) is 5.08. The summed E-state index contributed by atoms with van der Waals surface area (Å²) in [5, 5.41) is 16.5. The van der Waals surface area contributed by atoms with E-state index in [2.05, 4.69) is 16.5 Å². The first-order valence-electron chi connectivity index (χ1n) is 9.46. The lowest BCUT2D eigenvalue weighted by Crippen LogP contribution is -2.43. The van der Waals surface area contributed by atoms with Gasteiger partial charge in [0.05, 0.1) is 18.7 Å². The van der Waals surface area contributed by atoms with Crippen molar-refractivity contribution in [1.29, 1.82) is 5.26 Å². The number of hydrazone groups is 1. The zero-order chi connectivity index (χ0) is 20.9. The number of carbonyl (C=O) groups excluding carboxylic acids is 2. The maximum absolute atomic E-state index is 13.0. The predicted octanol–water partition coefficient (Wildman–Crippen LogP) is 3.23. The van der Waals surface area contributed by atoms with Crippen LogP contribution in [0.15, 0.2) is 59.7 Å². The molecule has 3 amide bonds. The number of urea groups is 1. The van der Waals surface area contributed by atoms with Crippen molar-refractivity contribution in [3.63, 3.8) is 0 Å². The largest absolute Gasteiger partial charge is 0.374 e. The van der Waals surface area contributed by atoms with Gasteiger partial charge in [-0.25, -0.2) is 4.79 Å². The van der Waals surface area contributed by atoms with Gasteiger partial charge in [-0.05, 0) is 29.7 Å². The molecule has 0 spiro atoms. The molecule has 2 aromatic rings. The van der Waals surface area contributed by atoms with Gasteiger partial charge in [-0.2, -0.15) is 10.4 Å². The first kappa shape index (κ1) is 20.1. The predicted molar refractivity (Wildman–Crippen MR) is 111 cm³/mol. The molecule has 29 heavy (non-hydrogen) atoms. The molecule has 1 N–H and O–H groups in total. The monoisotopic (exact) mass is 389 g/mol. The second-order valence-corrected chi connectivity index (χ2v) is 6.84. The number of anilines is 1. The second kappa shape index (κ2) is 8.57. The highest BCUT2D eigenvalue weighted by molar-refractivity contribution is 6.07. The van der Waals surface area contributed by atoms with Gasteiger partial charge in [0, 0.05) is 19.3 Å². The molecule has 7 heteroatoms. The topological polar surface area (TPSA) is 88.8 Å². The number of rotatable bonds is 7. The molecule has 1 aliphatic heterocycles. The van der Waals surface area contributed by atoms with Crippen LogP contribution in [-0.4, -0.2) is 36.8 Å². The Bertz CT molecular complexity index is 949. The van der Waals surface area contributed by atoms with Crippen molar-refractivity contribution in [2.24, 2.45) is 5.10 Å². The van der Waals surface area contributed by atoms with Crippen molar-refractivity contribution in [2.75, 3.05) is 18.5 Å². The van der Waals surface area contributed by atoms with Crippen LogP contribution in [0.3, 0.4) is 0 Å². The van der Waals surface area contributed by atoms with Crippen LogP contribution >= 0.6 is 0 Å². The zero-order valence-electron chi connectivity index (χ0n) is 16.5. The van der Waals surface area contributed by atoms with E-state index in [1.165, 1.54) is 6.21 Å². The summed E-state index contributed by atoms with van der Waals surface area (Å²) in [6, 6.07) is 18.3. The third kappa shape index (κ3) is 3.97. The molecule has 1 aliphatic rings. The van der Waals surface area contributed by atoms with Gasteiger partial charge in [-0.15, -0.1) is 5.01 Å². The zero-order valence-corrected chi connectivity index (χ0v) is 16.5. The summed E-state index contributed by atoms with van der Waals surface area (Å²) < 4.78 is 0. The first-order chi connectivity index (χ1) is 14.0. The summed E-state index contributed by atoms with van der Waals surface area (Å²) in [4.78, 5) is 27.5. The Morgan fingerprint density at radius 2 is 1.86 bits per heavy atom. The van der Waals surface area contributed by atoms with Crippen LogP contribution in [0.5, 0.6) is 0 Å². The van der Waals surface area contributed by atoms with E-state index in [1.54, 1.807) is 0 Å². The molecule has 0 unspecified atom stereocenters. The Morgan fingerprint density at radius 1 is 1.17 bits per heavy atom. The number of hydrogen-bond donors (Lipinski definition) is 1. The van der Waals surface area contributed by atoms with Crippen molar-refractivity contribution in [3.05, 3.63) is 65.7 Å². The standard InChI is InChI=1S/C22H23N5O2/c1-3-22(18-8-5-4-6-9-18)20(28)27(21(29)25-22)24-16-17-10-12-19(13-11-17)26(2)15-7-14-23/h4-6,8-13,16H,3,7,15H2,1-2H3,(H,25,29)/b24-16-/t22-/m1/s1. The number of nitriles is 1. The Morgan fingerprint density at radius 3 is 2.48 bits per heavy atom. The summed E-state index contributed by atoms with van der Waals surface area (Å²) in [6.07, 6.45) is 2.37. The molecular weight excluding hydrogens is 366 g/mol. The molecule has 0 saturated carbocycles. The van der Waals surface area contributed by atoms with E-state index in [4.69, 9.17) is 5.26 Å². The minimum atomic E-state index is -1.09. The number of nitrogens with zero attached hydrogens (tertiary/aromatic N) is 4. The number of nitrogens with one attached hydrogen (secondary N) is 1. The minimum absolute atomic E-state index is 0.389. The van der Waals surface area contributed by atoms with Gasteiger partial charge in [-0.1, -0.05) is 49.4 Å². The van der Waals surface area contributed by atoms with Gasteiger partial charge in [0.15, 0.2) is 0 Å². The summed E-state index contributed by atoms with van der Waals surface area (Å²) in [7, 11) is 1.92. The van der Waals surface area contributed by atoms with Crippen molar-refractivity contribution in [3.8, 4) is 6.07 Å². The van der Waals surface area contributed by atoms with Crippen LogP contribution < -0.4 is 10.2 Å². The molecule has 148 valence electrons. The molecule has 0 bridgehead atoms. The highest BCUT2D eigenvalue weighted by atomic mass is 16.2. The van der Waals surface area contributed by atoms with E-state index in [1.807, 2.05) is 73.5 Å². The Kier molecular flexibility index (Phi) is 5.93. The maximum atomic E-state index is 13.0. The molecule has 2 aromatic carbocycles. The summed E-state index contributed by atoms with van der Waals surface area (Å²) >= 11 is 0. The van der Waals surface area contributed by atoms with Crippen LogP contribution in [0.4, 0.5) is 10.5 Å². The Hall–Kier alpha value is -3.66. The van der Waals surface area contributed by atoms with Crippen molar-refractivity contribution < 1.29 is 9.59 Å². The van der Waals surface area contributed by atoms with Gasteiger partial charge >= 0.3 is 6.03 Å². The molecule has 0 radical (unpaired) electrons. The molecule has 1 fully saturated rings. The van der Waals surface area contributed by atoms with Gasteiger partial charge in [0.1, 0.15) is 5.54 Å². The van der Waals surface area contributed by atoms with Gasteiger partial charge < -0.3 is 10.2 Å². The van der Waals surface area contributed by atoms with Crippen LogP contribution in [0.25, 0.3) is 0 Å². The van der Waals surface area contributed by atoms with Crippen LogP contribution in [0.1, 0.15) is 30.9 Å². The second-order valence-electron chi connectivity index (χ2n) is 6.84. The molecule has 7 nitrogen and oxygen atoms in total. The molecule has 1 heterocycles. The van der Waals surface area contributed by atoms with Gasteiger partial charge in [0.2, 0.25) is 0 Å². The SMILES string of the molecule is CC[C@]1(c2ccccc2)NC(=O)N(/N=C\c2ccc(N(C)CCC#N)cc2)C1=O. The van der Waals surface area contributed by atoms with E-state index in [0.29, 0.717) is 19.4 Å². The summed E-state index contributed by atoms with van der Waals surface area (Å²) in [5.74, 6) is -0.389. The van der Waals surface area contributed by atoms with Gasteiger partial charge in [-0.3, -0.25) is 4.79 Å². The van der Waals surface area contributed by atoms with Crippen molar-refractivity contribution >= 4 is 23.8 Å². The molecule has 1 saturated heterocycles. The van der Waals surface area contributed by atoms with E-state index < -0.39 is 11.6 Å². The number of amides is 3. The quantitative estimate of drug-likeness (QED) is 0.582. The van der Waals surface area contributed by atoms with E-state index in [0.717, 1.165) is 21.8 Å². The number of carbonyl (C=O) groups is 2. The number of benzene rings is 2. The van der Waals surface area contributed by atoms with Crippen LogP contribution in [0.2, 0.25) is 0 Å². The molecule has 1 atom stereocenters. The lowest BCUT2D eigenvalue weighted by molar-refractivity contribution is -0.131. The number of imide groups is 1. The van der Waals surface area contributed by atoms with Crippen LogP contribution in [0, 0.1) is 11.3 Å². The fraction of sp³-hybridized carbons (Fsp3) is 0.273. The Balaban J connectivity index is 1.76. The molecule has 0 aromatic heterocycles. The van der Waals surface area contributed by atoms with E-state index in [9.17, 15) is 9.59 Å². The summed E-state index contributed by atoms with van der Waals surface area (Å²) in [6.45, 7) is 2.50. The highest BCUT2D eigenvalue weighted by Gasteiger charge is 2.51. The lowest BCUT2D eigenvalue weighted by atomic mass is 9.87. The average Bonchev–Trinajstić information content (AvgIpc) is 3.01. The van der Waals surface area contributed by atoms with E-state index in [-0.39, 0.29) is 5.91 Å². The normalized spacial score (nSPS) is 18.7. The Labute approximate surface area is 170 Å². The first-order valence-corrected chi connectivity index (χ1v) is 9.46. The average molecular weight is 389 g/mol. The van der Waals surface area contributed by atoms with Gasteiger partial charge in [0.25, 0.3) is 5.91 Å². The van der Waals surface area contributed by atoms with E-state index >= 15 is 0 Å². The smallest absolute Gasteiger partial charge is 0.346 e. The highest BCUT2D eigenvalue weighted by Crippen LogP contribution is 2.32. The minimum Gasteiger partial charge on any atom is -0.374 e. The summed E-state index contributed by atoms with van der Waals surface area (Å²) in [5.41, 5.74) is 1.38. The molecule has 3 rings (SSSR count). The third-order valence-corrected chi connectivity index (χ3v) is 5.08.